The number of nitrogens with zero attached hydrogens (tertiary/aromatic N) is 1. The summed E-state index contributed by atoms with van der Waals surface area (Å²) in [6.45, 7) is 3.30. The molecule has 0 aromatic rings. The van der Waals surface area contributed by atoms with E-state index < -0.39 is 16.2 Å². The van der Waals surface area contributed by atoms with Gasteiger partial charge in [-0.3, -0.25) is 4.79 Å². The van der Waals surface area contributed by atoms with Crippen molar-refractivity contribution in [2.24, 2.45) is 11.8 Å². The van der Waals surface area contributed by atoms with Crippen molar-refractivity contribution < 1.29 is 23.1 Å². The highest BCUT2D eigenvalue weighted by atomic mass is 32.2. The molecule has 0 aliphatic carbocycles. The van der Waals surface area contributed by atoms with Gasteiger partial charge in [-0.2, -0.15) is 17.4 Å². The lowest BCUT2D eigenvalue weighted by Gasteiger charge is -2.34. The van der Waals surface area contributed by atoms with Crippen molar-refractivity contribution >= 4 is 16.2 Å². The number of ether oxygens (including phenoxy) is 1. The van der Waals surface area contributed by atoms with E-state index in [0.717, 1.165) is 12.8 Å². The molecule has 0 saturated carbocycles. The summed E-state index contributed by atoms with van der Waals surface area (Å²) in [7, 11) is -1.98. The SMILES string of the molecule is COCCNS(=O)(=O)N1CCCC(C(C)CC(=O)O)C1. The number of rotatable bonds is 8. The lowest BCUT2D eigenvalue weighted by molar-refractivity contribution is -0.138. The Bertz CT molecular complexity index is 412. The molecule has 118 valence electrons. The fraction of sp³-hybridized carbons (Fsp3) is 0.917. The predicted octanol–water partition coefficient (Wildman–Crippen LogP) is 0.290. The topological polar surface area (TPSA) is 95.9 Å². The third-order valence-corrected chi connectivity index (χ3v) is 5.23. The third kappa shape index (κ3) is 5.35. The molecule has 1 aliphatic rings. The molecule has 1 fully saturated rings. The van der Waals surface area contributed by atoms with Crippen LogP contribution in [0, 0.1) is 11.8 Å². The molecule has 8 heteroatoms. The van der Waals surface area contributed by atoms with Gasteiger partial charge in [0.15, 0.2) is 0 Å². The zero-order valence-electron chi connectivity index (χ0n) is 12.0. The average Bonchev–Trinajstić information content (AvgIpc) is 2.38. The first-order valence-electron chi connectivity index (χ1n) is 6.82. The fourth-order valence-corrected chi connectivity index (χ4v) is 3.74. The van der Waals surface area contributed by atoms with Crippen LogP contribution < -0.4 is 4.72 Å². The molecule has 1 heterocycles. The minimum atomic E-state index is -3.49. The highest BCUT2D eigenvalue weighted by Crippen LogP contribution is 2.27. The number of nitrogens with one attached hydrogen (secondary N) is 1. The number of hydrogen-bond acceptors (Lipinski definition) is 4. The van der Waals surface area contributed by atoms with Crippen LogP contribution in [0.3, 0.4) is 0 Å². The van der Waals surface area contributed by atoms with Crippen molar-refractivity contribution in [3.05, 3.63) is 0 Å². The second-order valence-corrected chi connectivity index (χ2v) is 6.98. The summed E-state index contributed by atoms with van der Waals surface area (Å²) in [6, 6.07) is 0. The summed E-state index contributed by atoms with van der Waals surface area (Å²) in [5, 5.41) is 8.83. The van der Waals surface area contributed by atoms with Crippen molar-refractivity contribution in [2.45, 2.75) is 26.2 Å². The lowest BCUT2D eigenvalue weighted by atomic mass is 9.85. The zero-order chi connectivity index (χ0) is 15.2. The van der Waals surface area contributed by atoms with Gasteiger partial charge in [-0.05, 0) is 24.7 Å². The number of methoxy groups -OCH3 is 1. The first kappa shape index (κ1) is 17.4. The first-order valence-corrected chi connectivity index (χ1v) is 8.26. The molecule has 0 bridgehead atoms. The third-order valence-electron chi connectivity index (χ3n) is 3.65. The van der Waals surface area contributed by atoms with Crippen molar-refractivity contribution in [1.29, 1.82) is 0 Å². The summed E-state index contributed by atoms with van der Waals surface area (Å²) in [5.74, 6) is -0.765. The smallest absolute Gasteiger partial charge is 0.303 e. The Labute approximate surface area is 120 Å². The van der Waals surface area contributed by atoms with Crippen molar-refractivity contribution in [2.75, 3.05) is 33.4 Å². The molecule has 20 heavy (non-hydrogen) atoms. The molecule has 0 amide bonds. The van der Waals surface area contributed by atoms with E-state index in [2.05, 4.69) is 4.72 Å². The Morgan fingerprint density at radius 1 is 1.55 bits per heavy atom. The summed E-state index contributed by atoms with van der Waals surface area (Å²) in [4.78, 5) is 10.7. The van der Waals surface area contributed by atoms with Crippen LogP contribution in [0.2, 0.25) is 0 Å². The van der Waals surface area contributed by atoms with Gasteiger partial charge in [0.2, 0.25) is 0 Å². The predicted molar refractivity (Wildman–Crippen MR) is 74.5 cm³/mol. The highest BCUT2D eigenvalue weighted by Gasteiger charge is 2.31. The van der Waals surface area contributed by atoms with Crippen LogP contribution in [0.1, 0.15) is 26.2 Å². The largest absolute Gasteiger partial charge is 0.481 e. The van der Waals surface area contributed by atoms with Crippen molar-refractivity contribution in [1.82, 2.24) is 9.03 Å². The fourth-order valence-electron chi connectivity index (χ4n) is 2.46. The summed E-state index contributed by atoms with van der Waals surface area (Å²) >= 11 is 0. The molecule has 1 aliphatic heterocycles. The molecule has 2 atom stereocenters. The van der Waals surface area contributed by atoms with E-state index in [1.807, 2.05) is 6.92 Å². The number of hydrogen-bond donors (Lipinski definition) is 2. The van der Waals surface area contributed by atoms with E-state index in [1.165, 1.54) is 11.4 Å². The second kappa shape index (κ2) is 7.92. The normalized spacial score (nSPS) is 22.6. The molecule has 0 aromatic carbocycles. The summed E-state index contributed by atoms with van der Waals surface area (Å²) < 4.78 is 32.9. The summed E-state index contributed by atoms with van der Waals surface area (Å²) in [5.41, 5.74) is 0. The number of carbonyl (C=O) groups is 1. The first-order chi connectivity index (χ1) is 9.36. The minimum Gasteiger partial charge on any atom is -0.481 e. The maximum Gasteiger partial charge on any atom is 0.303 e. The van der Waals surface area contributed by atoms with Crippen LogP contribution in [0.15, 0.2) is 0 Å². The molecule has 1 rings (SSSR count). The van der Waals surface area contributed by atoms with Gasteiger partial charge in [-0.1, -0.05) is 6.92 Å². The second-order valence-electron chi connectivity index (χ2n) is 5.23. The molecule has 0 radical (unpaired) electrons. The molecule has 7 nitrogen and oxygen atoms in total. The quantitative estimate of drug-likeness (QED) is 0.628. The Kier molecular flexibility index (Phi) is 6.87. The van der Waals surface area contributed by atoms with E-state index in [-0.39, 0.29) is 24.8 Å². The van der Waals surface area contributed by atoms with Gasteiger partial charge in [0.05, 0.1) is 6.61 Å². The van der Waals surface area contributed by atoms with Gasteiger partial charge >= 0.3 is 5.97 Å². The number of aliphatic carboxylic acids is 1. The summed E-state index contributed by atoms with van der Waals surface area (Å²) in [6.07, 6.45) is 1.72. The lowest BCUT2D eigenvalue weighted by Crippen LogP contribution is -2.47. The van der Waals surface area contributed by atoms with Crippen LogP contribution in [0.5, 0.6) is 0 Å². The van der Waals surface area contributed by atoms with Gasteiger partial charge in [-0.15, -0.1) is 0 Å². The van der Waals surface area contributed by atoms with Gasteiger partial charge in [-0.25, -0.2) is 0 Å². The number of piperidine rings is 1. The molecule has 2 unspecified atom stereocenters. The van der Waals surface area contributed by atoms with Crippen molar-refractivity contribution in [3.8, 4) is 0 Å². The molecular formula is C12H24N2O5S. The van der Waals surface area contributed by atoms with Crippen molar-refractivity contribution in [3.63, 3.8) is 0 Å². The van der Waals surface area contributed by atoms with Crippen LogP contribution in [-0.4, -0.2) is 57.1 Å². The zero-order valence-corrected chi connectivity index (χ0v) is 12.9. The van der Waals surface area contributed by atoms with Gasteiger partial charge < -0.3 is 9.84 Å². The highest BCUT2D eigenvalue weighted by molar-refractivity contribution is 7.87. The molecular weight excluding hydrogens is 284 g/mol. The maximum absolute atomic E-state index is 12.1. The van der Waals surface area contributed by atoms with Crippen LogP contribution in [0.25, 0.3) is 0 Å². The molecule has 0 aromatic heterocycles. The minimum absolute atomic E-state index is 0.0236. The Hall–Kier alpha value is -0.700. The Morgan fingerprint density at radius 3 is 2.85 bits per heavy atom. The molecule has 1 saturated heterocycles. The van der Waals surface area contributed by atoms with E-state index in [1.54, 1.807) is 0 Å². The molecule has 2 N–H and O–H groups in total. The standard InChI is InChI=1S/C12H24N2O5S/c1-10(8-12(15)16)11-4-3-6-14(9-11)20(17,18)13-5-7-19-2/h10-11,13H,3-9H2,1-2H3,(H,15,16). The Balaban J connectivity index is 2.57. The van der Waals surface area contributed by atoms with Crippen LogP contribution in [0.4, 0.5) is 0 Å². The van der Waals surface area contributed by atoms with E-state index in [4.69, 9.17) is 9.84 Å². The van der Waals surface area contributed by atoms with Gasteiger partial charge in [0, 0.05) is 33.2 Å². The van der Waals surface area contributed by atoms with Crippen LogP contribution >= 0.6 is 0 Å². The average molecular weight is 308 g/mol. The van der Waals surface area contributed by atoms with Gasteiger partial charge in [0.1, 0.15) is 0 Å². The van der Waals surface area contributed by atoms with Gasteiger partial charge in [0.25, 0.3) is 10.2 Å². The Morgan fingerprint density at radius 2 is 2.25 bits per heavy atom. The van der Waals surface area contributed by atoms with E-state index in [9.17, 15) is 13.2 Å². The van der Waals surface area contributed by atoms with Crippen LogP contribution in [-0.2, 0) is 19.7 Å². The molecule has 0 spiro atoms. The van der Waals surface area contributed by atoms with E-state index in [0.29, 0.717) is 19.7 Å². The monoisotopic (exact) mass is 308 g/mol. The van der Waals surface area contributed by atoms with E-state index >= 15 is 0 Å². The number of carboxylic acid groups (broad SMARTS) is 1. The maximum atomic E-state index is 12.1. The number of carboxylic acids is 1.